The van der Waals surface area contributed by atoms with Crippen molar-refractivity contribution >= 4 is 40.9 Å². The molecule has 0 saturated heterocycles. The van der Waals surface area contributed by atoms with E-state index in [0.717, 1.165) is 0 Å². The second kappa shape index (κ2) is 7.49. The average molecular weight is 372 g/mol. The minimum Gasteiger partial charge on any atom is -0.497 e. The van der Waals surface area contributed by atoms with Crippen molar-refractivity contribution in [3.63, 3.8) is 0 Å². The first-order valence-electron chi connectivity index (χ1n) is 7.75. The molecule has 1 aliphatic heterocycles. The van der Waals surface area contributed by atoms with Crippen molar-refractivity contribution in [2.45, 2.75) is 16.6 Å². The molecule has 26 heavy (non-hydrogen) atoms. The van der Waals surface area contributed by atoms with Gasteiger partial charge in [-0.3, -0.25) is 9.59 Å². The molecular formula is C18H16N2O5S. The van der Waals surface area contributed by atoms with Crippen molar-refractivity contribution < 1.29 is 24.2 Å². The minimum atomic E-state index is -1.04. The van der Waals surface area contributed by atoms with E-state index in [9.17, 15) is 14.4 Å². The number of carbonyl (C=O) groups is 3. The van der Waals surface area contributed by atoms with Gasteiger partial charge in [-0.2, -0.15) is 0 Å². The van der Waals surface area contributed by atoms with Gasteiger partial charge in [0.15, 0.2) is 0 Å². The molecule has 0 spiro atoms. The zero-order valence-corrected chi connectivity index (χ0v) is 14.6. The van der Waals surface area contributed by atoms with Crippen LogP contribution in [0.5, 0.6) is 5.75 Å². The number of benzene rings is 2. The third-order valence-corrected chi connectivity index (χ3v) is 5.05. The molecule has 1 atom stereocenters. The Morgan fingerprint density at radius 3 is 2.62 bits per heavy atom. The highest BCUT2D eigenvalue weighted by Crippen LogP contribution is 2.37. The highest BCUT2D eigenvalue weighted by Gasteiger charge is 2.29. The van der Waals surface area contributed by atoms with E-state index in [-0.39, 0.29) is 23.8 Å². The maximum absolute atomic E-state index is 12.2. The number of amides is 2. The number of fused-ring (bicyclic) bond motifs is 1. The Hall–Kier alpha value is -3.00. The van der Waals surface area contributed by atoms with Crippen molar-refractivity contribution in [1.29, 1.82) is 0 Å². The van der Waals surface area contributed by atoms with Crippen LogP contribution in [0.15, 0.2) is 47.4 Å². The minimum absolute atomic E-state index is 0.0285. The fourth-order valence-corrected chi connectivity index (χ4v) is 3.61. The largest absolute Gasteiger partial charge is 0.497 e. The average Bonchev–Trinajstić information content (AvgIpc) is 2.62. The van der Waals surface area contributed by atoms with Crippen molar-refractivity contribution in [1.82, 2.24) is 0 Å². The maximum atomic E-state index is 12.2. The number of ether oxygens (including phenoxy) is 1. The summed E-state index contributed by atoms with van der Waals surface area (Å²) in [7, 11) is 1.56. The number of methoxy groups -OCH3 is 1. The molecule has 2 aromatic rings. The standard InChI is InChI=1S/C18H16N2O5S/c1-25-12-5-3-11(4-6-12)19-16(21)9-15-17(22)20-13-7-2-10(18(23)24)8-14(13)26-15/h2-8,15H,9H2,1H3,(H,19,21)(H,20,22)(H,23,24). The quantitative estimate of drug-likeness (QED) is 0.745. The zero-order chi connectivity index (χ0) is 18.7. The summed E-state index contributed by atoms with van der Waals surface area (Å²) in [5.74, 6) is -0.953. The number of anilines is 2. The smallest absolute Gasteiger partial charge is 0.335 e. The van der Waals surface area contributed by atoms with Gasteiger partial charge in [0, 0.05) is 17.0 Å². The Bertz CT molecular complexity index is 866. The first-order chi connectivity index (χ1) is 12.5. The van der Waals surface area contributed by atoms with Gasteiger partial charge in [0.1, 0.15) is 5.75 Å². The number of thioether (sulfide) groups is 1. The van der Waals surface area contributed by atoms with Crippen LogP contribution in [0.4, 0.5) is 11.4 Å². The number of hydrogen-bond acceptors (Lipinski definition) is 5. The SMILES string of the molecule is COc1ccc(NC(=O)CC2Sc3cc(C(=O)O)ccc3NC2=O)cc1. The summed E-state index contributed by atoms with van der Waals surface area (Å²) in [5.41, 5.74) is 1.29. The van der Waals surface area contributed by atoms with Crippen molar-refractivity contribution in [2.75, 3.05) is 17.7 Å². The lowest BCUT2D eigenvalue weighted by Crippen LogP contribution is -2.32. The lowest BCUT2D eigenvalue weighted by Gasteiger charge is -2.24. The van der Waals surface area contributed by atoms with Gasteiger partial charge in [0.25, 0.3) is 0 Å². The van der Waals surface area contributed by atoms with E-state index in [1.54, 1.807) is 37.4 Å². The molecule has 3 N–H and O–H groups in total. The fraction of sp³-hybridized carbons (Fsp3) is 0.167. The first-order valence-corrected chi connectivity index (χ1v) is 8.63. The molecule has 0 fully saturated rings. The summed E-state index contributed by atoms with van der Waals surface area (Å²) in [4.78, 5) is 36.2. The van der Waals surface area contributed by atoms with Crippen molar-refractivity contribution in [2.24, 2.45) is 0 Å². The van der Waals surface area contributed by atoms with E-state index in [1.807, 2.05) is 0 Å². The maximum Gasteiger partial charge on any atom is 0.335 e. The molecule has 1 heterocycles. The van der Waals surface area contributed by atoms with Crippen LogP contribution >= 0.6 is 11.8 Å². The topological polar surface area (TPSA) is 105 Å². The number of aromatic carboxylic acids is 1. The van der Waals surface area contributed by atoms with Crippen LogP contribution in [-0.4, -0.2) is 35.2 Å². The van der Waals surface area contributed by atoms with Gasteiger partial charge in [0.05, 0.1) is 23.6 Å². The van der Waals surface area contributed by atoms with Crippen LogP contribution < -0.4 is 15.4 Å². The number of nitrogens with one attached hydrogen (secondary N) is 2. The lowest BCUT2D eigenvalue weighted by atomic mass is 10.2. The monoisotopic (exact) mass is 372 g/mol. The highest BCUT2D eigenvalue weighted by atomic mass is 32.2. The van der Waals surface area contributed by atoms with Gasteiger partial charge in [-0.05, 0) is 42.5 Å². The summed E-state index contributed by atoms with van der Waals surface area (Å²) in [6, 6.07) is 11.3. The number of hydrogen-bond donors (Lipinski definition) is 3. The number of carboxylic acids is 1. The fourth-order valence-electron chi connectivity index (χ4n) is 2.47. The normalized spacial score (nSPS) is 15.6. The van der Waals surface area contributed by atoms with E-state index < -0.39 is 11.2 Å². The molecule has 3 rings (SSSR count). The Kier molecular flexibility index (Phi) is 5.13. The van der Waals surface area contributed by atoms with Crippen LogP contribution in [0.25, 0.3) is 0 Å². The number of rotatable bonds is 5. The summed E-state index contributed by atoms with van der Waals surface area (Å²) in [6.07, 6.45) is -0.0285. The molecule has 0 bridgehead atoms. The predicted octanol–water partition coefficient (Wildman–Crippen LogP) is 2.83. The molecule has 2 amide bonds. The van der Waals surface area contributed by atoms with E-state index in [4.69, 9.17) is 9.84 Å². The Balaban J connectivity index is 1.67. The van der Waals surface area contributed by atoms with Gasteiger partial charge in [-0.15, -0.1) is 11.8 Å². The van der Waals surface area contributed by atoms with E-state index in [1.165, 1.54) is 23.9 Å². The summed E-state index contributed by atoms with van der Waals surface area (Å²) in [6.45, 7) is 0. The van der Waals surface area contributed by atoms with Crippen LogP contribution in [0.1, 0.15) is 16.8 Å². The van der Waals surface area contributed by atoms with Gasteiger partial charge in [-0.25, -0.2) is 4.79 Å². The third-order valence-electron chi connectivity index (χ3n) is 3.79. The molecule has 134 valence electrons. The lowest BCUT2D eigenvalue weighted by molar-refractivity contribution is -0.120. The molecule has 0 aliphatic carbocycles. The van der Waals surface area contributed by atoms with Gasteiger partial charge < -0.3 is 20.5 Å². The second-order valence-corrected chi connectivity index (χ2v) is 6.84. The van der Waals surface area contributed by atoms with Crippen molar-refractivity contribution in [3.8, 4) is 5.75 Å². The molecular weight excluding hydrogens is 356 g/mol. The molecule has 8 heteroatoms. The van der Waals surface area contributed by atoms with Gasteiger partial charge in [0.2, 0.25) is 11.8 Å². The second-order valence-electron chi connectivity index (χ2n) is 5.59. The molecule has 0 radical (unpaired) electrons. The first kappa shape index (κ1) is 17.8. The molecule has 1 unspecified atom stereocenters. The zero-order valence-electron chi connectivity index (χ0n) is 13.8. The highest BCUT2D eigenvalue weighted by molar-refractivity contribution is 8.01. The summed E-state index contributed by atoms with van der Waals surface area (Å²) in [5, 5.41) is 13.9. The Labute approximate surface area is 153 Å². The van der Waals surface area contributed by atoms with Crippen LogP contribution in [0.2, 0.25) is 0 Å². The predicted molar refractivity (Wildman–Crippen MR) is 97.9 cm³/mol. The van der Waals surface area contributed by atoms with Gasteiger partial charge >= 0.3 is 5.97 Å². The Morgan fingerprint density at radius 1 is 1.23 bits per heavy atom. The molecule has 1 aliphatic rings. The van der Waals surface area contributed by atoms with Crippen LogP contribution in [0, 0.1) is 0 Å². The summed E-state index contributed by atoms with van der Waals surface area (Å²) < 4.78 is 5.06. The number of carbonyl (C=O) groups excluding carboxylic acids is 2. The van der Waals surface area contributed by atoms with E-state index >= 15 is 0 Å². The molecule has 2 aromatic carbocycles. The Morgan fingerprint density at radius 2 is 1.96 bits per heavy atom. The molecule has 0 saturated carbocycles. The van der Waals surface area contributed by atoms with E-state index in [2.05, 4.69) is 10.6 Å². The molecule has 0 aromatic heterocycles. The van der Waals surface area contributed by atoms with E-state index in [0.29, 0.717) is 22.0 Å². The summed E-state index contributed by atoms with van der Waals surface area (Å²) >= 11 is 1.19. The third kappa shape index (κ3) is 3.97. The molecule has 7 nitrogen and oxygen atoms in total. The van der Waals surface area contributed by atoms with Crippen LogP contribution in [-0.2, 0) is 9.59 Å². The van der Waals surface area contributed by atoms with Crippen LogP contribution in [0.3, 0.4) is 0 Å². The van der Waals surface area contributed by atoms with Gasteiger partial charge in [-0.1, -0.05) is 0 Å². The van der Waals surface area contributed by atoms with Crippen molar-refractivity contribution in [3.05, 3.63) is 48.0 Å². The number of carboxylic acid groups (broad SMARTS) is 1.